The van der Waals surface area contributed by atoms with Crippen LogP contribution in [0.15, 0.2) is 83.7 Å². The highest BCUT2D eigenvalue weighted by atomic mass is 32.1. The summed E-state index contributed by atoms with van der Waals surface area (Å²) in [4.78, 5) is 18.0. The van der Waals surface area contributed by atoms with Gasteiger partial charge in [0, 0.05) is 5.56 Å². The Morgan fingerprint density at radius 3 is 2.45 bits per heavy atom. The van der Waals surface area contributed by atoms with E-state index >= 15 is 0 Å². The van der Waals surface area contributed by atoms with Gasteiger partial charge in [0.25, 0.3) is 5.56 Å². The van der Waals surface area contributed by atoms with Crippen molar-refractivity contribution in [2.75, 3.05) is 0 Å². The standard InChI is InChI=1S/C25H19N3O2S/c1-17-7-5-6-10-21(17)23-26-25-28(27-23)24(29)22(31-25)15-18-11-13-20(14-12-18)30-16-19-8-3-2-4-9-19/h2-15H,16H2,1H3. The normalized spacial score (nSPS) is 11.8. The van der Waals surface area contributed by atoms with Crippen LogP contribution in [0.25, 0.3) is 22.4 Å². The Balaban J connectivity index is 1.38. The first kappa shape index (κ1) is 19.2. The third-order valence-corrected chi connectivity index (χ3v) is 5.95. The number of nitrogens with zero attached hydrogens (tertiary/aromatic N) is 3. The predicted octanol–water partition coefficient (Wildman–Crippen LogP) is 4.25. The first-order valence-corrected chi connectivity index (χ1v) is 10.7. The van der Waals surface area contributed by atoms with E-state index in [2.05, 4.69) is 10.1 Å². The summed E-state index contributed by atoms with van der Waals surface area (Å²) >= 11 is 1.34. The zero-order valence-corrected chi connectivity index (χ0v) is 17.7. The Bertz CT molecular complexity index is 1450. The van der Waals surface area contributed by atoms with E-state index in [4.69, 9.17) is 4.74 Å². The number of thiazole rings is 1. The van der Waals surface area contributed by atoms with Crippen molar-refractivity contribution in [3.8, 4) is 17.1 Å². The minimum Gasteiger partial charge on any atom is -0.489 e. The highest BCUT2D eigenvalue weighted by molar-refractivity contribution is 7.15. The van der Waals surface area contributed by atoms with Crippen molar-refractivity contribution < 1.29 is 4.74 Å². The first-order valence-electron chi connectivity index (χ1n) is 9.91. The summed E-state index contributed by atoms with van der Waals surface area (Å²) in [5.41, 5.74) is 3.90. The molecule has 5 rings (SSSR count). The number of aromatic nitrogens is 3. The number of ether oxygens (including phenoxy) is 1. The molecule has 0 aliphatic rings. The zero-order chi connectivity index (χ0) is 21.2. The van der Waals surface area contributed by atoms with E-state index in [-0.39, 0.29) is 5.56 Å². The molecule has 0 radical (unpaired) electrons. The van der Waals surface area contributed by atoms with E-state index in [1.807, 2.05) is 91.9 Å². The fourth-order valence-electron chi connectivity index (χ4n) is 3.32. The molecule has 0 spiro atoms. The number of rotatable bonds is 5. The number of aryl methyl sites for hydroxylation is 1. The molecule has 0 saturated carbocycles. The van der Waals surface area contributed by atoms with Crippen molar-refractivity contribution in [1.82, 2.24) is 14.6 Å². The van der Waals surface area contributed by atoms with Crippen LogP contribution < -0.4 is 14.8 Å². The summed E-state index contributed by atoms with van der Waals surface area (Å²) in [6.07, 6.45) is 1.86. The topological polar surface area (TPSA) is 56.5 Å². The molecule has 152 valence electrons. The lowest BCUT2D eigenvalue weighted by Gasteiger charge is -2.06. The SMILES string of the molecule is Cc1ccccc1-c1nc2sc(=Cc3ccc(OCc4ccccc4)cc3)c(=O)n2n1. The minimum absolute atomic E-state index is 0.156. The fraction of sp³-hybridized carbons (Fsp3) is 0.0800. The van der Waals surface area contributed by atoms with Crippen molar-refractivity contribution in [2.45, 2.75) is 13.5 Å². The lowest BCUT2D eigenvalue weighted by Crippen LogP contribution is -2.23. The monoisotopic (exact) mass is 425 g/mol. The summed E-state index contributed by atoms with van der Waals surface area (Å²) < 4.78 is 7.81. The van der Waals surface area contributed by atoms with Gasteiger partial charge >= 0.3 is 0 Å². The lowest BCUT2D eigenvalue weighted by molar-refractivity contribution is 0.306. The maximum absolute atomic E-state index is 12.8. The third-order valence-electron chi connectivity index (χ3n) is 4.99. The largest absolute Gasteiger partial charge is 0.489 e. The minimum atomic E-state index is -0.156. The number of hydrogen-bond acceptors (Lipinski definition) is 5. The van der Waals surface area contributed by atoms with Crippen LogP contribution in [-0.2, 0) is 6.61 Å². The van der Waals surface area contributed by atoms with Gasteiger partial charge < -0.3 is 4.74 Å². The van der Waals surface area contributed by atoms with E-state index < -0.39 is 0 Å². The summed E-state index contributed by atoms with van der Waals surface area (Å²) in [7, 11) is 0. The molecule has 0 saturated heterocycles. The quantitative estimate of drug-likeness (QED) is 0.422. The molecule has 0 aliphatic heterocycles. The number of hydrogen-bond donors (Lipinski definition) is 0. The van der Waals surface area contributed by atoms with Crippen molar-refractivity contribution in [2.24, 2.45) is 0 Å². The lowest BCUT2D eigenvalue weighted by atomic mass is 10.1. The maximum atomic E-state index is 12.8. The predicted molar refractivity (Wildman–Crippen MR) is 123 cm³/mol. The molecule has 3 aromatic carbocycles. The molecule has 5 nitrogen and oxygen atoms in total. The van der Waals surface area contributed by atoms with Crippen LogP contribution in [0.1, 0.15) is 16.7 Å². The molecule has 0 amide bonds. The first-order chi connectivity index (χ1) is 15.2. The maximum Gasteiger partial charge on any atom is 0.291 e. The molecule has 0 unspecified atom stereocenters. The van der Waals surface area contributed by atoms with Gasteiger partial charge in [-0.1, -0.05) is 78.1 Å². The van der Waals surface area contributed by atoms with Gasteiger partial charge in [-0.2, -0.15) is 9.50 Å². The number of fused-ring (bicyclic) bond motifs is 1. The van der Waals surface area contributed by atoms with Crippen molar-refractivity contribution >= 4 is 22.4 Å². The van der Waals surface area contributed by atoms with E-state index in [1.165, 1.54) is 15.9 Å². The van der Waals surface area contributed by atoms with Crippen LogP contribution in [0.3, 0.4) is 0 Å². The van der Waals surface area contributed by atoms with Gasteiger partial charge in [-0.3, -0.25) is 4.79 Å². The highest BCUT2D eigenvalue weighted by Crippen LogP contribution is 2.20. The highest BCUT2D eigenvalue weighted by Gasteiger charge is 2.13. The summed E-state index contributed by atoms with van der Waals surface area (Å²) in [6.45, 7) is 2.53. The van der Waals surface area contributed by atoms with Gasteiger partial charge in [0.2, 0.25) is 4.96 Å². The van der Waals surface area contributed by atoms with Gasteiger partial charge in [0.1, 0.15) is 12.4 Å². The van der Waals surface area contributed by atoms with Crippen LogP contribution in [-0.4, -0.2) is 14.6 Å². The Morgan fingerprint density at radius 1 is 0.968 bits per heavy atom. The van der Waals surface area contributed by atoms with Crippen LogP contribution in [0.4, 0.5) is 0 Å². The average Bonchev–Trinajstić information content (AvgIpc) is 3.33. The Morgan fingerprint density at radius 2 is 1.71 bits per heavy atom. The number of benzene rings is 3. The fourth-order valence-corrected chi connectivity index (χ4v) is 4.23. The molecule has 0 fully saturated rings. The Kier molecular flexibility index (Phi) is 5.06. The molecule has 2 heterocycles. The second kappa shape index (κ2) is 8.16. The second-order valence-electron chi connectivity index (χ2n) is 7.20. The van der Waals surface area contributed by atoms with Crippen molar-refractivity contribution in [1.29, 1.82) is 0 Å². The summed E-state index contributed by atoms with van der Waals surface area (Å²) in [6, 6.07) is 25.6. The third kappa shape index (κ3) is 3.98. The van der Waals surface area contributed by atoms with Gasteiger partial charge in [-0.15, -0.1) is 5.10 Å². The molecule has 5 aromatic rings. The second-order valence-corrected chi connectivity index (χ2v) is 8.21. The van der Waals surface area contributed by atoms with Crippen LogP contribution >= 0.6 is 11.3 Å². The van der Waals surface area contributed by atoms with Crippen LogP contribution in [0, 0.1) is 6.92 Å². The zero-order valence-electron chi connectivity index (χ0n) is 16.9. The van der Waals surface area contributed by atoms with E-state index in [0.717, 1.165) is 28.0 Å². The molecule has 6 heteroatoms. The van der Waals surface area contributed by atoms with Gasteiger partial charge in [0.15, 0.2) is 5.82 Å². The van der Waals surface area contributed by atoms with Crippen molar-refractivity contribution in [3.63, 3.8) is 0 Å². The summed E-state index contributed by atoms with van der Waals surface area (Å²) in [5, 5.41) is 4.44. The van der Waals surface area contributed by atoms with Crippen LogP contribution in [0.2, 0.25) is 0 Å². The molecule has 0 bridgehead atoms. The van der Waals surface area contributed by atoms with E-state index in [9.17, 15) is 4.79 Å². The van der Waals surface area contributed by atoms with Gasteiger partial charge in [-0.05, 0) is 41.8 Å². The summed E-state index contributed by atoms with van der Waals surface area (Å²) in [5.74, 6) is 1.36. The Labute approximate surface area is 182 Å². The Hall–Kier alpha value is -3.77. The van der Waals surface area contributed by atoms with Crippen molar-refractivity contribution in [3.05, 3.63) is 110 Å². The van der Waals surface area contributed by atoms with E-state index in [1.54, 1.807) is 0 Å². The smallest absolute Gasteiger partial charge is 0.291 e. The molecule has 31 heavy (non-hydrogen) atoms. The average molecular weight is 426 g/mol. The molecular formula is C25H19N3O2S. The molecule has 0 aliphatic carbocycles. The van der Waals surface area contributed by atoms with Gasteiger partial charge in [-0.25, -0.2) is 0 Å². The van der Waals surface area contributed by atoms with Gasteiger partial charge in [0.05, 0.1) is 4.53 Å². The van der Waals surface area contributed by atoms with E-state index in [0.29, 0.717) is 21.9 Å². The molecule has 0 atom stereocenters. The van der Waals surface area contributed by atoms with Crippen LogP contribution in [0.5, 0.6) is 5.75 Å². The molecular weight excluding hydrogens is 406 g/mol. The molecule has 0 N–H and O–H groups in total. The molecule has 2 aromatic heterocycles.